The van der Waals surface area contributed by atoms with Crippen LogP contribution in [0.15, 0.2) is 30.6 Å². The summed E-state index contributed by atoms with van der Waals surface area (Å²) in [7, 11) is 1.29. The fourth-order valence-corrected chi connectivity index (χ4v) is 2.61. The Labute approximate surface area is 144 Å². The van der Waals surface area contributed by atoms with Crippen molar-refractivity contribution in [3.8, 4) is 0 Å². The first-order valence-corrected chi connectivity index (χ1v) is 7.85. The lowest BCUT2D eigenvalue weighted by atomic mass is 9.91. The third kappa shape index (κ3) is 4.55. The van der Waals surface area contributed by atoms with Crippen molar-refractivity contribution in [3.05, 3.63) is 58.7 Å². The largest absolute Gasteiger partial charge is 0.464 e. The van der Waals surface area contributed by atoms with E-state index in [1.807, 2.05) is 13.8 Å². The van der Waals surface area contributed by atoms with Gasteiger partial charge in [0.2, 0.25) is 0 Å². The van der Waals surface area contributed by atoms with Gasteiger partial charge in [-0.05, 0) is 53.6 Å². The number of rotatable bonds is 5. The summed E-state index contributed by atoms with van der Waals surface area (Å²) < 4.78 is 43.1. The molecular weight excluding hydrogens is 333 g/mol. The Hall–Kier alpha value is -2.44. The first-order valence-electron chi connectivity index (χ1n) is 7.85. The maximum absolute atomic E-state index is 12.8. The highest BCUT2D eigenvalue weighted by atomic mass is 19.4. The predicted octanol–water partition coefficient (Wildman–Crippen LogP) is 4.19. The lowest BCUT2D eigenvalue weighted by molar-refractivity contribution is -0.141. The number of carbonyl (C=O) groups excluding carboxylic acids is 1. The lowest BCUT2D eigenvalue weighted by Crippen LogP contribution is -2.11. The average Bonchev–Trinajstić information content (AvgIpc) is 2.60. The molecule has 0 spiro atoms. The second-order valence-corrected chi connectivity index (χ2v) is 5.76. The molecule has 7 heteroatoms. The van der Waals surface area contributed by atoms with Crippen molar-refractivity contribution in [1.82, 2.24) is 9.97 Å². The van der Waals surface area contributed by atoms with E-state index in [0.717, 1.165) is 17.2 Å². The zero-order chi connectivity index (χ0) is 18.6. The van der Waals surface area contributed by atoms with E-state index in [1.54, 1.807) is 18.3 Å². The van der Waals surface area contributed by atoms with Gasteiger partial charge in [0.25, 0.3) is 0 Å². The zero-order valence-corrected chi connectivity index (χ0v) is 14.2. The Kier molecular flexibility index (Phi) is 5.77. The molecule has 0 amide bonds. The summed E-state index contributed by atoms with van der Waals surface area (Å²) in [6, 6.07) is 4.33. The molecule has 0 aliphatic heterocycles. The maximum Gasteiger partial charge on any atom is 0.433 e. The van der Waals surface area contributed by atoms with E-state index in [2.05, 4.69) is 14.7 Å². The molecule has 0 fully saturated rings. The van der Waals surface area contributed by atoms with E-state index >= 15 is 0 Å². The number of esters is 1. The maximum atomic E-state index is 12.8. The van der Waals surface area contributed by atoms with Crippen molar-refractivity contribution >= 4 is 5.97 Å². The highest BCUT2D eigenvalue weighted by molar-refractivity contribution is 5.87. The van der Waals surface area contributed by atoms with Crippen LogP contribution < -0.4 is 0 Å². The van der Waals surface area contributed by atoms with Gasteiger partial charge < -0.3 is 4.74 Å². The van der Waals surface area contributed by atoms with Crippen LogP contribution in [0.3, 0.4) is 0 Å². The standard InChI is InChI=1S/C18H19F3N2O2/c1-4-12-8-15(17(24)25-3)23-10-14(12)7-11(2)13-5-6-22-16(9-13)18(19,20)21/h5-6,8-11H,4,7H2,1-3H3. The normalized spacial score (nSPS) is 12.7. The molecule has 2 heterocycles. The van der Waals surface area contributed by atoms with Crippen molar-refractivity contribution < 1.29 is 22.7 Å². The number of halogens is 3. The Balaban J connectivity index is 2.26. The molecule has 0 saturated heterocycles. The van der Waals surface area contributed by atoms with E-state index in [-0.39, 0.29) is 11.6 Å². The summed E-state index contributed by atoms with van der Waals surface area (Å²) in [5.41, 5.74) is 1.70. The Morgan fingerprint density at radius 3 is 2.56 bits per heavy atom. The smallest absolute Gasteiger partial charge is 0.433 e. The number of alkyl halides is 3. The van der Waals surface area contributed by atoms with Crippen molar-refractivity contribution in [2.75, 3.05) is 7.11 Å². The van der Waals surface area contributed by atoms with Gasteiger partial charge in [-0.2, -0.15) is 13.2 Å². The lowest BCUT2D eigenvalue weighted by Gasteiger charge is -2.16. The van der Waals surface area contributed by atoms with Gasteiger partial charge >= 0.3 is 12.1 Å². The van der Waals surface area contributed by atoms with Crippen molar-refractivity contribution in [3.63, 3.8) is 0 Å². The number of pyridine rings is 2. The van der Waals surface area contributed by atoms with Crippen LogP contribution in [0.4, 0.5) is 13.2 Å². The van der Waals surface area contributed by atoms with Crippen LogP contribution in [-0.4, -0.2) is 23.0 Å². The molecule has 0 radical (unpaired) electrons. The zero-order valence-electron chi connectivity index (χ0n) is 14.2. The number of methoxy groups -OCH3 is 1. The molecule has 0 N–H and O–H groups in total. The molecule has 2 rings (SSSR count). The summed E-state index contributed by atoms with van der Waals surface area (Å²) in [5.74, 6) is -0.668. The van der Waals surface area contributed by atoms with Gasteiger partial charge in [0.15, 0.2) is 0 Å². The van der Waals surface area contributed by atoms with E-state index in [1.165, 1.54) is 13.3 Å². The van der Waals surface area contributed by atoms with Crippen LogP contribution in [0.2, 0.25) is 0 Å². The SMILES string of the molecule is CCc1cc(C(=O)OC)ncc1CC(C)c1ccnc(C(F)(F)F)c1. The molecule has 134 valence electrons. The van der Waals surface area contributed by atoms with Crippen molar-refractivity contribution in [2.24, 2.45) is 0 Å². The monoisotopic (exact) mass is 352 g/mol. The third-order valence-electron chi connectivity index (χ3n) is 4.03. The first-order chi connectivity index (χ1) is 11.8. The number of hydrogen-bond acceptors (Lipinski definition) is 4. The molecule has 0 saturated carbocycles. The average molecular weight is 352 g/mol. The summed E-state index contributed by atoms with van der Waals surface area (Å²) >= 11 is 0. The van der Waals surface area contributed by atoms with Gasteiger partial charge in [-0.1, -0.05) is 13.8 Å². The molecule has 0 aliphatic carbocycles. The highest BCUT2D eigenvalue weighted by Gasteiger charge is 2.32. The van der Waals surface area contributed by atoms with Crippen LogP contribution in [0.1, 0.15) is 52.6 Å². The number of carbonyl (C=O) groups is 1. The Morgan fingerprint density at radius 1 is 1.24 bits per heavy atom. The number of aromatic nitrogens is 2. The Morgan fingerprint density at radius 2 is 1.96 bits per heavy atom. The Bertz CT molecular complexity index is 760. The van der Waals surface area contributed by atoms with E-state index < -0.39 is 17.8 Å². The molecule has 0 aliphatic rings. The quantitative estimate of drug-likeness (QED) is 0.757. The number of aryl methyl sites for hydroxylation is 1. The third-order valence-corrected chi connectivity index (χ3v) is 4.03. The molecule has 2 aromatic heterocycles. The summed E-state index contributed by atoms with van der Waals surface area (Å²) in [6.07, 6.45) is -0.507. The van der Waals surface area contributed by atoms with Crippen molar-refractivity contribution in [2.45, 2.75) is 38.8 Å². The topological polar surface area (TPSA) is 52.1 Å². The van der Waals surface area contributed by atoms with E-state index in [4.69, 9.17) is 0 Å². The van der Waals surface area contributed by atoms with Crippen LogP contribution in [0, 0.1) is 0 Å². The summed E-state index contributed by atoms with van der Waals surface area (Å²) in [5, 5.41) is 0. The molecule has 25 heavy (non-hydrogen) atoms. The van der Waals surface area contributed by atoms with Crippen LogP contribution in [-0.2, 0) is 23.8 Å². The van der Waals surface area contributed by atoms with Gasteiger partial charge in [-0.15, -0.1) is 0 Å². The molecule has 4 nitrogen and oxygen atoms in total. The molecular formula is C18H19F3N2O2. The molecule has 1 atom stereocenters. The van der Waals surface area contributed by atoms with Crippen LogP contribution in [0.5, 0.6) is 0 Å². The molecule has 1 unspecified atom stereocenters. The van der Waals surface area contributed by atoms with E-state index in [9.17, 15) is 18.0 Å². The van der Waals surface area contributed by atoms with Gasteiger partial charge in [0.1, 0.15) is 11.4 Å². The number of ether oxygens (including phenoxy) is 1. The van der Waals surface area contributed by atoms with E-state index in [0.29, 0.717) is 18.4 Å². The minimum atomic E-state index is -4.46. The molecule has 0 bridgehead atoms. The van der Waals surface area contributed by atoms with Gasteiger partial charge in [-0.3, -0.25) is 4.98 Å². The second kappa shape index (κ2) is 7.63. The van der Waals surface area contributed by atoms with Gasteiger partial charge in [0, 0.05) is 12.4 Å². The second-order valence-electron chi connectivity index (χ2n) is 5.76. The molecule has 0 aromatic carbocycles. The fourth-order valence-electron chi connectivity index (χ4n) is 2.61. The van der Waals surface area contributed by atoms with Gasteiger partial charge in [0.05, 0.1) is 7.11 Å². The minimum Gasteiger partial charge on any atom is -0.464 e. The molecule has 2 aromatic rings. The number of nitrogens with zero attached hydrogens (tertiary/aromatic N) is 2. The first kappa shape index (κ1) is 18.9. The summed E-state index contributed by atoms with van der Waals surface area (Å²) in [6.45, 7) is 3.79. The summed E-state index contributed by atoms with van der Waals surface area (Å²) in [4.78, 5) is 19.1. The van der Waals surface area contributed by atoms with Crippen LogP contribution in [0.25, 0.3) is 0 Å². The van der Waals surface area contributed by atoms with Crippen LogP contribution >= 0.6 is 0 Å². The predicted molar refractivity (Wildman–Crippen MR) is 86.3 cm³/mol. The van der Waals surface area contributed by atoms with Crippen molar-refractivity contribution in [1.29, 1.82) is 0 Å². The number of hydrogen-bond donors (Lipinski definition) is 0. The van der Waals surface area contributed by atoms with Gasteiger partial charge in [-0.25, -0.2) is 9.78 Å². The minimum absolute atomic E-state index is 0.153. The fraction of sp³-hybridized carbons (Fsp3) is 0.389. The highest BCUT2D eigenvalue weighted by Crippen LogP contribution is 2.30.